The van der Waals surface area contributed by atoms with Gasteiger partial charge in [0.1, 0.15) is 5.69 Å². The first kappa shape index (κ1) is 12.3. The average Bonchev–Trinajstić information content (AvgIpc) is 2.73. The van der Waals surface area contributed by atoms with Crippen LogP contribution in [0, 0.1) is 0 Å². The monoisotopic (exact) mass is 255 g/mol. The van der Waals surface area contributed by atoms with Gasteiger partial charge in [-0.25, -0.2) is 4.98 Å². The first-order valence-electron chi connectivity index (χ1n) is 4.94. The number of carbonyl (C=O) groups is 1. The first-order chi connectivity index (χ1) is 8.41. The Morgan fingerprint density at radius 2 is 2.11 bits per heavy atom. The summed E-state index contributed by atoms with van der Waals surface area (Å²) in [5.74, 6) is -0.754. The van der Waals surface area contributed by atoms with Gasteiger partial charge < -0.3 is 4.57 Å². The van der Waals surface area contributed by atoms with E-state index in [2.05, 4.69) is 9.97 Å². The van der Waals surface area contributed by atoms with Gasteiger partial charge in [0.2, 0.25) is 5.78 Å². The van der Waals surface area contributed by atoms with E-state index in [0.29, 0.717) is 0 Å². The van der Waals surface area contributed by atoms with Gasteiger partial charge in [-0.2, -0.15) is 13.2 Å². The second-order valence-electron chi connectivity index (χ2n) is 3.62. The summed E-state index contributed by atoms with van der Waals surface area (Å²) >= 11 is 0. The molecule has 4 nitrogen and oxygen atoms in total. The molecule has 18 heavy (non-hydrogen) atoms. The van der Waals surface area contributed by atoms with Gasteiger partial charge in [-0.1, -0.05) is 0 Å². The van der Waals surface area contributed by atoms with E-state index in [0.717, 1.165) is 12.3 Å². The third-order valence-electron chi connectivity index (χ3n) is 2.37. The van der Waals surface area contributed by atoms with Gasteiger partial charge in [-0.15, -0.1) is 0 Å². The molecule has 0 unspecified atom stereocenters. The zero-order valence-corrected chi connectivity index (χ0v) is 9.27. The van der Waals surface area contributed by atoms with Crippen LogP contribution in [0.1, 0.15) is 21.7 Å². The van der Waals surface area contributed by atoms with Crippen LogP contribution in [0.3, 0.4) is 0 Å². The lowest BCUT2D eigenvalue weighted by molar-refractivity contribution is -0.141. The largest absolute Gasteiger partial charge is 0.434 e. The lowest BCUT2D eigenvalue weighted by atomic mass is 10.1. The number of alkyl halides is 3. The molecule has 0 atom stereocenters. The van der Waals surface area contributed by atoms with Gasteiger partial charge in [0.25, 0.3) is 0 Å². The second kappa shape index (κ2) is 4.25. The highest BCUT2D eigenvalue weighted by molar-refractivity contribution is 6.08. The first-order valence-corrected chi connectivity index (χ1v) is 4.94. The number of rotatable bonds is 2. The molecule has 7 heteroatoms. The molecule has 0 aliphatic carbocycles. The Kier molecular flexibility index (Phi) is 2.90. The molecule has 94 valence electrons. The molecule has 0 aliphatic heterocycles. The molecule has 0 saturated heterocycles. The van der Waals surface area contributed by atoms with Crippen molar-refractivity contribution in [2.24, 2.45) is 7.05 Å². The molecule has 0 amide bonds. The number of aromatic nitrogens is 3. The predicted molar refractivity (Wildman–Crippen MR) is 55.9 cm³/mol. The van der Waals surface area contributed by atoms with Crippen molar-refractivity contribution in [3.8, 4) is 0 Å². The van der Waals surface area contributed by atoms with E-state index in [4.69, 9.17) is 0 Å². The normalized spacial score (nSPS) is 11.6. The van der Waals surface area contributed by atoms with Gasteiger partial charge in [-0.05, 0) is 12.1 Å². The number of ketones is 1. The van der Waals surface area contributed by atoms with Gasteiger partial charge in [0, 0.05) is 13.2 Å². The number of imidazole rings is 1. The molecular weight excluding hydrogens is 247 g/mol. The number of pyridine rings is 1. The van der Waals surface area contributed by atoms with Gasteiger partial charge in [-0.3, -0.25) is 9.78 Å². The summed E-state index contributed by atoms with van der Waals surface area (Å²) in [5, 5.41) is 0. The van der Waals surface area contributed by atoms with Crippen LogP contribution in [0.15, 0.2) is 30.9 Å². The van der Waals surface area contributed by atoms with E-state index in [9.17, 15) is 18.0 Å². The Balaban J connectivity index is 2.53. The maximum absolute atomic E-state index is 12.7. The lowest BCUT2D eigenvalue weighted by Gasteiger charge is -2.10. The van der Waals surface area contributed by atoms with Crippen molar-refractivity contribution >= 4 is 5.78 Å². The Morgan fingerprint density at radius 1 is 1.39 bits per heavy atom. The number of carbonyl (C=O) groups excluding carboxylic acids is 1. The number of hydrogen-bond acceptors (Lipinski definition) is 3. The highest BCUT2D eigenvalue weighted by Crippen LogP contribution is 2.30. The number of aryl methyl sites for hydroxylation is 1. The molecule has 0 aromatic carbocycles. The van der Waals surface area contributed by atoms with Crippen LogP contribution < -0.4 is 0 Å². The minimum Gasteiger partial charge on any atom is -0.331 e. The van der Waals surface area contributed by atoms with Crippen molar-refractivity contribution in [1.82, 2.24) is 14.5 Å². The van der Waals surface area contributed by atoms with Gasteiger partial charge in [0.05, 0.1) is 18.1 Å². The fourth-order valence-corrected chi connectivity index (χ4v) is 1.53. The van der Waals surface area contributed by atoms with Crippen LogP contribution in [0.2, 0.25) is 0 Å². The summed E-state index contributed by atoms with van der Waals surface area (Å²) in [6.07, 6.45) is -1.10. The van der Waals surface area contributed by atoms with Crippen molar-refractivity contribution < 1.29 is 18.0 Å². The van der Waals surface area contributed by atoms with Crippen LogP contribution in [0.25, 0.3) is 0 Å². The fourth-order valence-electron chi connectivity index (χ4n) is 1.53. The van der Waals surface area contributed by atoms with E-state index in [1.54, 1.807) is 0 Å². The van der Waals surface area contributed by atoms with E-state index in [-0.39, 0.29) is 5.69 Å². The molecule has 0 bridgehead atoms. The Hall–Kier alpha value is -2.18. The molecule has 0 fully saturated rings. The van der Waals surface area contributed by atoms with Crippen molar-refractivity contribution in [1.29, 1.82) is 0 Å². The van der Waals surface area contributed by atoms with Crippen LogP contribution in [0.5, 0.6) is 0 Å². The average molecular weight is 255 g/mol. The van der Waals surface area contributed by atoms with Gasteiger partial charge in [0.15, 0.2) is 5.69 Å². The highest BCUT2D eigenvalue weighted by atomic mass is 19.4. The Labute approximate surface area is 100 Å². The van der Waals surface area contributed by atoms with Crippen molar-refractivity contribution in [3.05, 3.63) is 47.8 Å². The molecule has 2 aromatic heterocycles. The molecule has 2 aromatic rings. The zero-order chi connectivity index (χ0) is 13.3. The number of nitrogens with zero attached hydrogens (tertiary/aromatic N) is 3. The van der Waals surface area contributed by atoms with Crippen molar-refractivity contribution in [2.75, 3.05) is 0 Å². The van der Waals surface area contributed by atoms with Crippen molar-refractivity contribution in [3.63, 3.8) is 0 Å². The Morgan fingerprint density at radius 3 is 2.67 bits per heavy atom. The molecule has 0 saturated carbocycles. The van der Waals surface area contributed by atoms with E-state index >= 15 is 0 Å². The van der Waals surface area contributed by atoms with E-state index in [1.165, 1.54) is 30.2 Å². The quantitative estimate of drug-likeness (QED) is 0.772. The van der Waals surface area contributed by atoms with Crippen molar-refractivity contribution in [2.45, 2.75) is 6.18 Å². The highest BCUT2D eigenvalue weighted by Gasteiger charge is 2.37. The second-order valence-corrected chi connectivity index (χ2v) is 3.62. The minimum absolute atomic E-state index is 0.0773. The lowest BCUT2D eigenvalue weighted by Crippen LogP contribution is -2.17. The van der Waals surface area contributed by atoms with Crippen LogP contribution >= 0.6 is 0 Å². The third kappa shape index (κ3) is 2.11. The summed E-state index contributed by atoms with van der Waals surface area (Å²) < 4.78 is 39.5. The molecular formula is C11H8F3N3O. The summed E-state index contributed by atoms with van der Waals surface area (Å²) in [6, 6.07) is 2.39. The van der Waals surface area contributed by atoms with E-state index in [1.807, 2.05) is 0 Å². The van der Waals surface area contributed by atoms with Crippen LogP contribution in [-0.2, 0) is 13.2 Å². The topological polar surface area (TPSA) is 47.8 Å². The SMILES string of the molecule is Cn1cncc1C(=O)c1cccnc1C(F)(F)F. The maximum Gasteiger partial charge on any atom is 0.434 e. The van der Waals surface area contributed by atoms with Gasteiger partial charge >= 0.3 is 6.18 Å². The standard InChI is InChI=1S/C11H8F3N3O/c1-17-6-15-5-8(17)9(18)7-3-2-4-16-10(7)11(12,13)14/h2-6H,1H3. The zero-order valence-electron chi connectivity index (χ0n) is 9.27. The Bertz CT molecular complexity index is 589. The van der Waals surface area contributed by atoms with Crippen LogP contribution in [0.4, 0.5) is 13.2 Å². The molecule has 0 aliphatic rings. The number of hydrogen-bond donors (Lipinski definition) is 0. The maximum atomic E-state index is 12.7. The smallest absolute Gasteiger partial charge is 0.331 e. The summed E-state index contributed by atoms with van der Waals surface area (Å²) in [4.78, 5) is 18.9. The minimum atomic E-state index is -4.66. The summed E-state index contributed by atoms with van der Waals surface area (Å²) in [5.41, 5.74) is -1.58. The van der Waals surface area contributed by atoms with E-state index < -0.39 is 23.2 Å². The molecule has 0 radical (unpaired) electrons. The third-order valence-corrected chi connectivity index (χ3v) is 2.37. The fraction of sp³-hybridized carbons (Fsp3) is 0.182. The number of halogens is 3. The molecule has 0 N–H and O–H groups in total. The molecule has 2 rings (SSSR count). The summed E-state index contributed by atoms with van der Waals surface area (Å²) in [6.45, 7) is 0. The molecule has 0 spiro atoms. The van der Waals surface area contributed by atoms with Crippen LogP contribution in [-0.4, -0.2) is 20.3 Å². The summed E-state index contributed by atoms with van der Waals surface area (Å²) in [7, 11) is 1.53. The molecule has 2 heterocycles. The predicted octanol–water partition coefficient (Wildman–Crippen LogP) is 2.06.